The molecular weight excluding hydrogens is 578 g/mol. The molecule has 0 saturated carbocycles. The molecule has 45 heavy (non-hydrogen) atoms. The minimum atomic E-state index is -1.22. The van der Waals surface area contributed by atoms with Gasteiger partial charge in [-0.05, 0) is 110 Å². The molecule has 11 heteroatoms. The molecule has 0 saturated heterocycles. The highest BCUT2D eigenvalue weighted by molar-refractivity contribution is 6.12. The molecule has 0 bridgehead atoms. The number of phenols is 5. The molecule has 0 aliphatic rings. The molecule has 1 atom stereocenters. The number of carbonyl (C=O) groups excluding carboxylic acids is 3. The van der Waals surface area contributed by atoms with Crippen LogP contribution in [-0.4, -0.2) is 73.7 Å². The topological polar surface area (TPSA) is 194 Å². The van der Waals surface area contributed by atoms with Gasteiger partial charge in [0.05, 0.1) is 0 Å². The van der Waals surface area contributed by atoms with Crippen molar-refractivity contribution in [2.75, 3.05) is 19.6 Å². The van der Waals surface area contributed by atoms with Crippen molar-refractivity contribution in [1.29, 1.82) is 0 Å². The summed E-state index contributed by atoms with van der Waals surface area (Å²) < 4.78 is 0. The van der Waals surface area contributed by atoms with Gasteiger partial charge in [0.1, 0.15) is 11.8 Å². The Balaban J connectivity index is 1.96. The highest BCUT2D eigenvalue weighted by Crippen LogP contribution is 2.27. The molecule has 0 spiro atoms. The van der Waals surface area contributed by atoms with Crippen molar-refractivity contribution in [1.82, 2.24) is 10.2 Å². The fraction of sp³-hybridized carbons (Fsp3) is 0.206. The number of nitrogens with zero attached hydrogens (tertiary/aromatic N) is 1. The summed E-state index contributed by atoms with van der Waals surface area (Å²) in [7, 11) is 0. The normalized spacial score (nSPS) is 12.2. The zero-order valence-corrected chi connectivity index (χ0v) is 24.5. The van der Waals surface area contributed by atoms with Crippen LogP contribution in [0.1, 0.15) is 36.0 Å². The lowest BCUT2D eigenvalue weighted by molar-refractivity contribution is -0.145. The molecular formula is C34H37N3O8. The van der Waals surface area contributed by atoms with E-state index >= 15 is 0 Å². The Labute approximate surface area is 260 Å². The third-order valence-corrected chi connectivity index (χ3v) is 6.67. The van der Waals surface area contributed by atoms with Gasteiger partial charge in [0.25, 0.3) is 11.8 Å². The van der Waals surface area contributed by atoms with Crippen LogP contribution < -0.4 is 11.1 Å². The summed E-state index contributed by atoms with van der Waals surface area (Å²) in [6.45, 7) is 1.68. The zero-order chi connectivity index (χ0) is 32.8. The number of ketones is 1. The van der Waals surface area contributed by atoms with Crippen molar-refractivity contribution >= 4 is 35.8 Å². The smallest absolute Gasteiger partial charge is 0.254 e. The molecule has 3 aromatic carbocycles. The first kappa shape index (κ1) is 34.1. The van der Waals surface area contributed by atoms with E-state index in [0.29, 0.717) is 42.7 Å². The van der Waals surface area contributed by atoms with E-state index in [1.807, 2.05) is 0 Å². The van der Waals surface area contributed by atoms with Gasteiger partial charge in [-0.15, -0.1) is 0 Å². The summed E-state index contributed by atoms with van der Waals surface area (Å²) in [6, 6.07) is 12.8. The van der Waals surface area contributed by atoms with Crippen molar-refractivity contribution in [2.24, 2.45) is 5.73 Å². The van der Waals surface area contributed by atoms with E-state index in [1.165, 1.54) is 72.8 Å². The highest BCUT2D eigenvalue weighted by Gasteiger charge is 2.31. The molecule has 0 radical (unpaired) electrons. The summed E-state index contributed by atoms with van der Waals surface area (Å²) in [5.41, 5.74) is 6.89. The van der Waals surface area contributed by atoms with E-state index in [4.69, 9.17) is 5.73 Å². The number of phenolic OH excluding ortho intramolecular Hbond substituents is 5. The second kappa shape index (κ2) is 17.0. The first-order valence-corrected chi connectivity index (χ1v) is 14.3. The van der Waals surface area contributed by atoms with E-state index in [-0.39, 0.29) is 29.4 Å². The van der Waals surface area contributed by atoms with Crippen molar-refractivity contribution in [3.05, 3.63) is 95.6 Å². The van der Waals surface area contributed by atoms with Crippen LogP contribution in [0, 0.1) is 0 Å². The predicted octanol–water partition coefficient (Wildman–Crippen LogP) is 3.67. The Kier molecular flexibility index (Phi) is 12.9. The van der Waals surface area contributed by atoms with Crippen LogP contribution in [-0.2, 0) is 14.4 Å². The monoisotopic (exact) mass is 615 g/mol. The number of amides is 2. The quantitative estimate of drug-likeness (QED) is 0.0753. The molecule has 0 aliphatic carbocycles. The lowest BCUT2D eigenvalue weighted by Crippen LogP contribution is -2.47. The van der Waals surface area contributed by atoms with Crippen LogP contribution in [0.5, 0.6) is 28.7 Å². The maximum absolute atomic E-state index is 13.6. The Morgan fingerprint density at radius 3 is 1.69 bits per heavy atom. The highest BCUT2D eigenvalue weighted by atomic mass is 16.3. The van der Waals surface area contributed by atoms with Gasteiger partial charge >= 0.3 is 0 Å². The Morgan fingerprint density at radius 1 is 0.667 bits per heavy atom. The van der Waals surface area contributed by atoms with Crippen molar-refractivity contribution in [3.63, 3.8) is 0 Å². The molecule has 0 heterocycles. The molecule has 0 fully saturated rings. The Bertz CT molecular complexity index is 1560. The van der Waals surface area contributed by atoms with Crippen LogP contribution in [0.15, 0.2) is 78.9 Å². The summed E-state index contributed by atoms with van der Waals surface area (Å²) in [6.07, 6.45) is 8.98. The molecule has 2 amide bonds. The third kappa shape index (κ3) is 10.7. The van der Waals surface area contributed by atoms with E-state index in [0.717, 1.165) is 23.5 Å². The third-order valence-electron chi connectivity index (χ3n) is 6.67. The van der Waals surface area contributed by atoms with Gasteiger partial charge in [0.15, 0.2) is 28.8 Å². The number of rotatable bonds is 15. The van der Waals surface area contributed by atoms with Crippen molar-refractivity contribution < 1.29 is 39.9 Å². The lowest BCUT2D eigenvalue weighted by Gasteiger charge is -2.27. The van der Waals surface area contributed by atoms with E-state index in [2.05, 4.69) is 5.32 Å². The number of nitrogens with one attached hydrogen (secondary N) is 1. The number of benzene rings is 3. The summed E-state index contributed by atoms with van der Waals surface area (Å²) in [5.74, 6) is -3.51. The van der Waals surface area contributed by atoms with Gasteiger partial charge in [-0.25, -0.2) is 0 Å². The predicted molar refractivity (Wildman–Crippen MR) is 171 cm³/mol. The SMILES string of the molecule is NCCCNCCCC(C(=O)/C=C/c1ccc(O)c(O)c1)N(C(=O)/C=C/c1ccc(O)cc1)C(=O)/C=C/c1ccc(O)c(O)c1. The minimum absolute atomic E-state index is 0.0418. The van der Waals surface area contributed by atoms with Crippen LogP contribution in [0.3, 0.4) is 0 Å². The van der Waals surface area contributed by atoms with Gasteiger partial charge in [-0.3, -0.25) is 19.3 Å². The molecule has 1 unspecified atom stereocenters. The van der Waals surface area contributed by atoms with Crippen LogP contribution >= 0.6 is 0 Å². The van der Waals surface area contributed by atoms with Gasteiger partial charge in [-0.2, -0.15) is 0 Å². The summed E-state index contributed by atoms with van der Waals surface area (Å²) >= 11 is 0. The molecule has 0 aliphatic heterocycles. The number of aromatic hydroxyl groups is 5. The van der Waals surface area contributed by atoms with Gasteiger partial charge in [-0.1, -0.05) is 30.3 Å². The maximum atomic E-state index is 13.6. The van der Waals surface area contributed by atoms with E-state index < -0.39 is 29.4 Å². The number of nitrogens with two attached hydrogens (primary N) is 1. The van der Waals surface area contributed by atoms with Gasteiger partial charge in [0, 0.05) is 12.2 Å². The van der Waals surface area contributed by atoms with Gasteiger partial charge in [0.2, 0.25) is 0 Å². The zero-order valence-electron chi connectivity index (χ0n) is 24.5. The van der Waals surface area contributed by atoms with Crippen molar-refractivity contribution in [2.45, 2.75) is 25.3 Å². The van der Waals surface area contributed by atoms with Crippen LogP contribution in [0.25, 0.3) is 18.2 Å². The number of hydrogen-bond acceptors (Lipinski definition) is 10. The second-order valence-electron chi connectivity index (χ2n) is 10.1. The average molecular weight is 616 g/mol. The fourth-order valence-corrected chi connectivity index (χ4v) is 4.25. The summed E-state index contributed by atoms with van der Waals surface area (Å²) in [4.78, 5) is 41.7. The largest absolute Gasteiger partial charge is 0.508 e. The number of carbonyl (C=O) groups is 3. The average Bonchev–Trinajstić information content (AvgIpc) is 3.02. The summed E-state index contributed by atoms with van der Waals surface area (Å²) in [5, 5.41) is 51.6. The minimum Gasteiger partial charge on any atom is -0.508 e. The molecule has 0 aromatic heterocycles. The van der Waals surface area contributed by atoms with Crippen molar-refractivity contribution in [3.8, 4) is 28.7 Å². The maximum Gasteiger partial charge on any atom is 0.254 e. The number of imide groups is 1. The molecule has 11 nitrogen and oxygen atoms in total. The standard InChI is InChI=1S/C34H37N3O8/c35-18-2-20-36-19-1-3-27(28(39)13-6-24-7-14-29(40)31(42)21-24)37(33(44)16-9-23-4-11-26(38)12-5-23)34(45)17-10-25-8-15-30(41)32(43)22-25/h4-17,21-22,27,36,38,40-43H,1-3,18-20,35H2/b13-6+,16-9+,17-10+. The Hall–Kier alpha value is -5.39. The van der Waals surface area contributed by atoms with Crippen LogP contribution in [0.4, 0.5) is 0 Å². The fourth-order valence-electron chi connectivity index (χ4n) is 4.25. The molecule has 236 valence electrons. The second-order valence-corrected chi connectivity index (χ2v) is 10.1. The van der Waals surface area contributed by atoms with E-state index in [1.54, 1.807) is 12.1 Å². The van der Waals surface area contributed by atoms with Crippen LogP contribution in [0.2, 0.25) is 0 Å². The molecule has 3 aromatic rings. The van der Waals surface area contributed by atoms with Gasteiger partial charge < -0.3 is 36.6 Å². The molecule has 3 rings (SSSR count). The van der Waals surface area contributed by atoms with E-state index in [9.17, 15) is 39.9 Å². The first-order valence-electron chi connectivity index (χ1n) is 14.3. The Morgan fingerprint density at radius 2 is 1.16 bits per heavy atom. The number of hydrogen-bond donors (Lipinski definition) is 7. The molecule has 8 N–H and O–H groups in total. The first-order chi connectivity index (χ1) is 21.6. The lowest BCUT2D eigenvalue weighted by atomic mass is 10.0.